The Hall–Kier alpha value is -0.120. The fraction of sp³-hybridized carbons (Fsp3) is 1.00. The molecule has 1 fully saturated rings. The first kappa shape index (κ1) is 12.0. The molecule has 1 aliphatic heterocycles. The Morgan fingerprint density at radius 3 is 2.93 bits per heavy atom. The Bertz CT molecular complexity index is 152. The number of aliphatic hydroxyl groups is 1. The Morgan fingerprint density at radius 1 is 1.57 bits per heavy atom. The Kier molecular flexibility index (Phi) is 5.45. The number of hydrogen-bond donors (Lipinski definition) is 1. The number of β-amino-alcohol motifs (C(OH)–C–C–N with tert-alkyl or cyclic N) is 1. The van der Waals surface area contributed by atoms with Crippen molar-refractivity contribution in [3.8, 4) is 0 Å². The van der Waals surface area contributed by atoms with E-state index in [1.165, 1.54) is 0 Å². The minimum absolute atomic E-state index is 0.0921. The molecule has 1 heterocycles. The molecule has 0 amide bonds. The van der Waals surface area contributed by atoms with Crippen LogP contribution in [0.25, 0.3) is 0 Å². The minimum Gasteiger partial charge on any atom is -0.392 e. The maximum absolute atomic E-state index is 9.31. The van der Waals surface area contributed by atoms with Gasteiger partial charge in [0.2, 0.25) is 0 Å². The molecule has 1 aliphatic rings. The molecule has 1 saturated heterocycles. The molecule has 3 heteroatoms. The lowest BCUT2D eigenvalue weighted by Gasteiger charge is -2.15. The van der Waals surface area contributed by atoms with Gasteiger partial charge in [0.05, 0.1) is 12.2 Å². The predicted octanol–water partition coefficient (Wildman–Crippen LogP) is 1.26. The predicted molar refractivity (Wildman–Crippen MR) is 57.4 cm³/mol. The Morgan fingerprint density at radius 2 is 2.36 bits per heavy atom. The van der Waals surface area contributed by atoms with Gasteiger partial charge < -0.3 is 14.7 Å². The van der Waals surface area contributed by atoms with E-state index in [0.29, 0.717) is 6.10 Å². The van der Waals surface area contributed by atoms with Crippen molar-refractivity contribution in [1.29, 1.82) is 0 Å². The van der Waals surface area contributed by atoms with E-state index in [1.54, 1.807) is 0 Å². The van der Waals surface area contributed by atoms with E-state index >= 15 is 0 Å². The number of rotatable bonds is 6. The molecular formula is C11H23NO2. The smallest absolute Gasteiger partial charge is 0.0679 e. The van der Waals surface area contributed by atoms with Crippen molar-refractivity contribution in [2.45, 2.75) is 45.3 Å². The van der Waals surface area contributed by atoms with Crippen LogP contribution < -0.4 is 0 Å². The van der Waals surface area contributed by atoms with Crippen LogP contribution in [0.15, 0.2) is 0 Å². The summed E-state index contributed by atoms with van der Waals surface area (Å²) in [4.78, 5) is 2.31. The molecule has 3 nitrogen and oxygen atoms in total. The van der Waals surface area contributed by atoms with Gasteiger partial charge in [-0.2, -0.15) is 0 Å². The first-order chi connectivity index (χ1) is 6.72. The summed E-state index contributed by atoms with van der Waals surface area (Å²) in [6.07, 6.45) is 3.40. The molecule has 0 spiro atoms. The van der Waals surface area contributed by atoms with Crippen molar-refractivity contribution in [2.75, 3.05) is 26.2 Å². The fourth-order valence-electron chi connectivity index (χ4n) is 1.71. The third kappa shape index (κ3) is 4.40. The summed E-state index contributed by atoms with van der Waals surface area (Å²) in [5.41, 5.74) is 0. The molecule has 0 radical (unpaired) electrons. The quantitative estimate of drug-likeness (QED) is 0.657. The zero-order valence-corrected chi connectivity index (χ0v) is 9.41. The van der Waals surface area contributed by atoms with Gasteiger partial charge in [-0.25, -0.2) is 0 Å². The second-order valence-electron chi connectivity index (χ2n) is 4.19. The normalized spacial score (nSPS) is 25.5. The highest BCUT2D eigenvalue weighted by Crippen LogP contribution is 2.08. The SMILES string of the molecule is CCC(C)OCCCN1CC[C@H](O)C1. The van der Waals surface area contributed by atoms with Gasteiger partial charge in [0.1, 0.15) is 0 Å². The van der Waals surface area contributed by atoms with Gasteiger partial charge >= 0.3 is 0 Å². The zero-order valence-electron chi connectivity index (χ0n) is 9.41. The van der Waals surface area contributed by atoms with Crippen molar-refractivity contribution < 1.29 is 9.84 Å². The third-order valence-electron chi connectivity index (χ3n) is 2.84. The van der Waals surface area contributed by atoms with Crippen molar-refractivity contribution in [1.82, 2.24) is 4.90 Å². The van der Waals surface area contributed by atoms with E-state index in [2.05, 4.69) is 18.7 Å². The largest absolute Gasteiger partial charge is 0.392 e. The standard InChI is InChI=1S/C11H23NO2/c1-3-10(2)14-8-4-6-12-7-5-11(13)9-12/h10-11,13H,3-9H2,1-2H3/t10?,11-/m0/s1. The molecule has 0 bridgehead atoms. The average Bonchev–Trinajstić information content (AvgIpc) is 2.58. The molecule has 0 aromatic heterocycles. The maximum Gasteiger partial charge on any atom is 0.0679 e. The number of hydrogen-bond acceptors (Lipinski definition) is 3. The lowest BCUT2D eigenvalue weighted by atomic mass is 10.3. The maximum atomic E-state index is 9.31. The van der Waals surface area contributed by atoms with Gasteiger partial charge in [0.25, 0.3) is 0 Å². The molecule has 2 atom stereocenters. The van der Waals surface area contributed by atoms with Gasteiger partial charge in [-0.05, 0) is 26.2 Å². The highest BCUT2D eigenvalue weighted by molar-refractivity contribution is 4.73. The van der Waals surface area contributed by atoms with Gasteiger partial charge in [-0.3, -0.25) is 0 Å². The van der Waals surface area contributed by atoms with E-state index in [0.717, 1.165) is 45.5 Å². The summed E-state index contributed by atoms with van der Waals surface area (Å²) < 4.78 is 5.59. The van der Waals surface area contributed by atoms with E-state index in [-0.39, 0.29) is 6.10 Å². The molecule has 0 aromatic rings. The summed E-state index contributed by atoms with van der Waals surface area (Å²) >= 11 is 0. The number of likely N-dealkylation sites (tertiary alicyclic amines) is 1. The third-order valence-corrected chi connectivity index (χ3v) is 2.84. The van der Waals surface area contributed by atoms with E-state index < -0.39 is 0 Å². The number of nitrogens with zero attached hydrogens (tertiary/aromatic N) is 1. The molecule has 1 N–H and O–H groups in total. The molecule has 1 rings (SSSR count). The number of ether oxygens (including phenoxy) is 1. The van der Waals surface area contributed by atoms with Crippen LogP contribution in [0.2, 0.25) is 0 Å². The minimum atomic E-state index is -0.0921. The van der Waals surface area contributed by atoms with Crippen LogP contribution in [0.1, 0.15) is 33.1 Å². The summed E-state index contributed by atoms with van der Waals surface area (Å²) in [6, 6.07) is 0. The Labute approximate surface area is 87.1 Å². The van der Waals surface area contributed by atoms with Crippen LogP contribution >= 0.6 is 0 Å². The monoisotopic (exact) mass is 201 g/mol. The Balaban J connectivity index is 1.94. The van der Waals surface area contributed by atoms with Crippen molar-refractivity contribution in [2.24, 2.45) is 0 Å². The topological polar surface area (TPSA) is 32.7 Å². The van der Waals surface area contributed by atoms with E-state index in [1.807, 2.05) is 0 Å². The van der Waals surface area contributed by atoms with E-state index in [4.69, 9.17) is 4.74 Å². The van der Waals surface area contributed by atoms with Crippen LogP contribution in [-0.2, 0) is 4.74 Å². The van der Waals surface area contributed by atoms with Crippen LogP contribution in [0.4, 0.5) is 0 Å². The molecule has 0 aromatic carbocycles. The van der Waals surface area contributed by atoms with E-state index in [9.17, 15) is 5.11 Å². The van der Waals surface area contributed by atoms with Crippen molar-refractivity contribution in [3.05, 3.63) is 0 Å². The van der Waals surface area contributed by atoms with Crippen LogP contribution in [-0.4, -0.2) is 48.5 Å². The van der Waals surface area contributed by atoms with Crippen LogP contribution in [0.5, 0.6) is 0 Å². The summed E-state index contributed by atoms with van der Waals surface area (Å²) in [6.45, 7) is 8.06. The molecule has 1 unspecified atom stereocenters. The lowest BCUT2D eigenvalue weighted by molar-refractivity contribution is 0.0569. The molecule has 0 saturated carbocycles. The molecule has 14 heavy (non-hydrogen) atoms. The van der Waals surface area contributed by atoms with Crippen molar-refractivity contribution >= 4 is 0 Å². The molecular weight excluding hydrogens is 178 g/mol. The average molecular weight is 201 g/mol. The number of aliphatic hydroxyl groups excluding tert-OH is 1. The summed E-state index contributed by atoms with van der Waals surface area (Å²) in [5, 5.41) is 9.31. The van der Waals surface area contributed by atoms with Gasteiger partial charge in [0.15, 0.2) is 0 Å². The highest BCUT2D eigenvalue weighted by Gasteiger charge is 2.18. The fourth-order valence-corrected chi connectivity index (χ4v) is 1.71. The lowest BCUT2D eigenvalue weighted by Crippen LogP contribution is -2.24. The van der Waals surface area contributed by atoms with Crippen molar-refractivity contribution in [3.63, 3.8) is 0 Å². The first-order valence-electron chi connectivity index (χ1n) is 5.74. The first-order valence-corrected chi connectivity index (χ1v) is 5.74. The second kappa shape index (κ2) is 6.38. The van der Waals surface area contributed by atoms with Gasteiger partial charge in [0, 0.05) is 26.2 Å². The molecule has 0 aliphatic carbocycles. The summed E-state index contributed by atoms with van der Waals surface area (Å²) in [7, 11) is 0. The van der Waals surface area contributed by atoms with Crippen LogP contribution in [0, 0.1) is 0 Å². The summed E-state index contributed by atoms with van der Waals surface area (Å²) in [5.74, 6) is 0. The zero-order chi connectivity index (χ0) is 10.4. The molecule has 84 valence electrons. The highest BCUT2D eigenvalue weighted by atomic mass is 16.5. The van der Waals surface area contributed by atoms with Gasteiger partial charge in [-0.15, -0.1) is 0 Å². The second-order valence-corrected chi connectivity index (χ2v) is 4.19. The van der Waals surface area contributed by atoms with Gasteiger partial charge in [-0.1, -0.05) is 6.92 Å². The van der Waals surface area contributed by atoms with Crippen LogP contribution in [0.3, 0.4) is 0 Å².